The first-order valence-corrected chi connectivity index (χ1v) is 4.10. The van der Waals surface area contributed by atoms with Crippen LogP contribution < -0.4 is 0 Å². The molecule has 0 aliphatic rings. The second kappa shape index (κ2) is 2.34. The standard InChI is InChI=1S/C10H12N2/c1-7-4-8(2)12-9(3)6-11-10(12)5-7/h4-6H,1-3H3. The third-order valence-corrected chi connectivity index (χ3v) is 2.11. The molecular weight excluding hydrogens is 148 g/mol. The highest BCUT2D eigenvalue weighted by Gasteiger charge is 2.01. The SMILES string of the molecule is Cc1cc(C)n2c(C)cnc2c1. The van der Waals surface area contributed by atoms with Crippen molar-refractivity contribution in [1.82, 2.24) is 9.38 Å². The maximum Gasteiger partial charge on any atom is 0.137 e. The molecule has 2 heteroatoms. The molecule has 0 unspecified atom stereocenters. The van der Waals surface area contributed by atoms with Gasteiger partial charge in [0.25, 0.3) is 0 Å². The number of aryl methyl sites for hydroxylation is 3. The minimum Gasteiger partial charge on any atom is -0.302 e. The van der Waals surface area contributed by atoms with Gasteiger partial charge in [-0.15, -0.1) is 0 Å². The zero-order valence-corrected chi connectivity index (χ0v) is 7.63. The Bertz CT molecular complexity index is 427. The van der Waals surface area contributed by atoms with E-state index in [2.05, 4.69) is 42.3 Å². The van der Waals surface area contributed by atoms with Gasteiger partial charge in [0.1, 0.15) is 5.65 Å². The molecule has 2 nitrogen and oxygen atoms in total. The van der Waals surface area contributed by atoms with Gasteiger partial charge >= 0.3 is 0 Å². The van der Waals surface area contributed by atoms with Gasteiger partial charge in [-0.2, -0.15) is 0 Å². The molecule has 2 aromatic heterocycles. The molecule has 0 atom stereocenters. The van der Waals surface area contributed by atoms with Crippen LogP contribution in [-0.4, -0.2) is 9.38 Å². The van der Waals surface area contributed by atoms with Crippen molar-refractivity contribution in [2.75, 3.05) is 0 Å². The molecule has 0 fully saturated rings. The molecule has 0 radical (unpaired) electrons. The van der Waals surface area contributed by atoms with E-state index < -0.39 is 0 Å². The number of rotatable bonds is 0. The lowest BCUT2D eigenvalue weighted by Gasteiger charge is -2.02. The van der Waals surface area contributed by atoms with E-state index in [1.54, 1.807) is 0 Å². The fourth-order valence-electron chi connectivity index (χ4n) is 1.66. The van der Waals surface area contributed by atoms with Gasteiger partial charge in [0.2, 0.25) is 0 Å². The van der Waals surface area contributed by atoms with Crippen LogP contribution in [0.2, 0.25) is 0 Å². The lowest BCUT2D eigenvalue weighted by Crippen LogP contribution is -1.93. The van der Waals surface area contributed by atoms with E-state index >= 15 is 0 Å². The molecule has 0 saturated carbocycles. The fourth-order valence-corrected chi connectivity index (χ4v) is 1.66. The highest BCUT2D eigenvalue weighted by molar-refractivity contribution is 5.45. The van der Waals surface area contributed by atoms with Crippen LogP contribution in [0.5, 0.6) is 0 Å². The highest BCUT2D eigenvalue weighted by Crippen LogP contribution is 2.11. The molecule has 0 aliphatic carbocycles. The maximum atomic E-state index is 4.30. The number of hydrogen-bond donors (Lipinski definition) is 0. The number of aromatic nitrogens is 2. The van der Waals surface area contributed by atoms with Crippen molar-refractivity contribution in [3.8, 4) is 0 Å². The number of nitrogens with zero attached hydrogens (tertiary/aromatic N) is 2. The van der Waals surface area contributed by atoms with E-state index in [0.717, 1.165) is 5.65 Å². The molecule has 0 N–H and O–H groups in total. The van der Waals surface area contributed by atoms with Crippen LogP contribution in [-0.2, 0) is 0 Å². The lowest BCUT2D eigenvalue weighted by atomic mass is 10.2. The summed E-state index contributed by atoms with van der Waals surface area (Å²) >= 11 is 0. The largest absolute Gasteiger partial charge is 0.302 e. The third-order valence-electron chi connectivity index (χ3n) is 2.11. The summed E-state index contributed by atoms with van der Waals surface area (Å²) in [6, 6.07) is 4.27. The first-order valence-electron chi connectivity index (χ1n) is 4.10. The molecule has 12 heavy (non-hydrogen) atoms. The van der Waals surface area contributed by atoms with Crippen LogP contribution in [0, 0.1) is 20.8 Å². The van der Waals surface area contributed by atoms with E-state index in [1.165, 1.54) is 17.0 Å². The zero-order valence-electron chi connectivity index (χ0n) is 7.63. The molecular formula is C10H12N2. The number of pyridine rings is 1. The van der Waals surface area contributed by atoms with Gasteiger partial charge in [0.05, 0.1) is 0 Å². The molecule has 0 amide bonds. The Morgan fingerprint density at radius 1 is 1.08 bits per heavy atom. The highest BCUT2D eigenvalue weighted by atomic mass is 15.0. The summed E-state index contributed by atoms with van der Waals surface area (Å²) in [6.45, 7) is 6.27. The maximum absolute atomic E-state index is 4.30. The van der Waals surface area contributed by atoms with E-state index in [4.69, 9.17) is 0 Å². The Hall–Kier alpha value is -1.31. The molecule has 0 aromatic carbocycles. The monoisotopic (exact) mass is 160 g/mol. The van der Waals surface area contributed by atoms with E-state index in [9.17, 15) is 0 Å². The molecule has 2 rings (SSSR count). The first-order chi connectivity index (χ1) is 5.68. The van der Waals surface area contributed by atoms with Crippen LogP contribution >= 0.6 is 0 Å². The molecule has 2 aromatic rings. The van der Waals surface area contributed by atoms with Gasteiger partial charge in [-0.3, -0.25) is 0 Å². The summed E-state index contributed by atoms with van der Waals surface area (Å²) in [5.41, 5.74) is 4.76. The van der Waals surface area contributed by atoms with E-state index in [-0.39, 0.29) is 0 Å². The van der Waals surface area contributed by atoms with E-state index in [0.29, 0.717) is 0 Å². The van der Waals surface area contributed by atoms with Crippen molar-refractivity contribution in [3.63, 3.8) is 0 Å². The van der Waals surface area contributed by atoms with Crippen molar-refractivity contribution in [1.29, 1.82) is 0 Å². The summed E-state index contributed by atoms with van der Waals surface area (Å²) in [5.74, 6) is 0. The summed E-state index contributed by atoms with van der Waals surface area (Å²) < 4.78 is 2.16. The Morgan fingerprint density at radius 3 is 2.58 bits per heavy atom. The summed E-state index contributed by atoms with van der Waals surface area (Å²) in [6.07, 6.45) is 1.90. The number of fused-ring (bicyclic) bond motifs is 1. The average Bonchev–Trinajstić information content (AvgIpc) is 2.31. The average molecular weight is 160 g/mol. The van der Waals surface area contributed by atoms with Gasteiger partial charge < -0.3 is 4.40 Å². The zero-order chi connectivity index (χ0) is 8.72. The summed E-state index contributed by atoms with van der Waals surface area (Å²) in [4.78, 5) is 4.30. The van der Waals surface area contributed by atoms with Crippen molar-refractivity contribution in [2.45, 2.75) is 20.8 Å². The Labute approximate surface area is 71.9 Å². The smallest absolute Gasteiger partial charge is 0.137 e. The van der Waals surface area contributed by atoms with Crippen LogP contribution in [0.3, 0.4) is 0 Å². The molecule has 62 valence electrons. The Balaban J connectivity index is 2.93. The number of imidazole rings is 1. The minimum absolute atomic E-state index is 1.05. The third kappa shape index (κ3) is 0.916. The van der Waals surface area contributed by atoms with Gasteiger partial charge in [-0.05, 0) is 38.5 Å². The van der Waals surface area contributed by atoms with Crippen LogP contribution in [0.4, 0.5) is 0 Å². The first kappa shape index (κ1) is 7.35. The Kier molecular flexibility index (Phi) is 1.43. The normalized spacial score (nSPS) is 10.9. The second-order valence-corrected chi connectivity index (χ2v) is 3.27. The van der Waals surface area contributed by atoms with Crippen LogP contribution in [0.15, 0.2) is 18.3 Å². The Morgan fingerprint density at radius 2 is 1.83 bits per heavy atom. The topological polar surface area (TPSA) is 17.3 Å². The molecule has 0 spiro atoms. The van der Waals surface area contributed by atoms with Crippen LogP contribution in [0.1, 0.15) is 17.0 Å². The second-order valence-electron chi connectivity index (χ2n) is 3.27. The predicted octanol–water partition coefficient (Wildman–Crippen LogP) is 2.26. The molecule has 0 aliphatic heterocycles. The van der Waals surface area contributed by atoms with Crippen molar-refractivity contribution in [3.05, 3.63) is 35.3 Å². The minimum atomic E-state index is 1.05. The van der Waals surface area contributed by atoms with Gasteiger partial charge in [-0.1, -0.05) is 0 Å². The van der Waals surface area contributed by atoms with Crippen molar-refractivity contribution >= 4 is 5.65 Å². The van der Waals surface area contributed by atoms with Crippen LogP contribution in [0.25, 0.3) is 5.65 Å². The summed E-state index contributed by atoms with van der Waals surface area (Å²) in [7, 11) is 0. The van der Waals surface area contributed by atoms with Crippen molar-refractivity contribution in [2.24, 2.45) is 0 Å². The van der Waals surface area contributed by atoms with Gasteiger partial charge in [0.15, 0.2) is 0 Å². The molecule has 2 heterocycles. The van der Waals surface area contributed by atoms with Gasteiger partial charge in [0, 0.05) is 17.6 Å². The van der Waals surface area contributed by atoms with E-state index in [1.807, 2.05) is 6.20 Å². The van der Waals surface area contributed by atoms with Crippen molar-refractivity contribution < 1.29 is 0 Å². The predicted molar refractivity (Wildman–Crippen MR) is 49.4 cm³/mol. The fraction of sp³-hybridized carbons (Fsp3) is 0.300. The molecule has 0 saturated heterocycles. The number of hydrogen-bond acceptors (Lipinski definition) is 1. The summed E-state index contributed by atoms with van der Waals surface area (Å²) in [5, 5.41) is 0. The van der Waals surface area contributed by atoms with Gasteiger partial charge in [-0.25, -0.2) is 4.98 Å². The molecule has 0 bridgehead atoms. The lowest BCUT2D eigenvalue weighted by molar-refractivity contribution is 1.03. The quantitative estimate of drug-likeness (QED) is 0.577.